The molecule has 0 aliphatic heterocycles. The molecule has 0 amide bonds. The molecule has 0 saturated carbocycles. The summed E-state index contributed by atoms with van der Waals surface area (Å²) >= 11 is 10.1. The largest absolute Gasteiger partial charge is 0.274 e. The van der Waals surface area contributed by atoms with Crippen LogP contribution in [0.15, 0.2) is 20.8 Å². The molecule has 0 spiro atoms. The van der Waals surface area contributed by atoms with E-state index in [9.17, 15) is 4.79 Å². The summed E-state index contributed by atoms with van der Waals surface area (Å²) in [6, 6.07) is 0. The fourth-order valence-corrected chi connectivity index (χ4v) is 2.03. The minimum atomic E-state index is -0.175. The number of fused-ring (bicyclic) bond motifs is 1. The van der Waals surface area contributed by atoms with E-state index in [2.05, 4.69) is 20.9 Å². The Kier molecular flexibility index (Phi) is 1.94. The number of hydrogen-bond donors (Lipinski definition) is 0. The molecule has 2 heterocycles. The van der Waals surface area contributed by atoms with Gasteiger partial charge in [0.05, 0.1) is 0 Å². The first-order chi connectivity index (χ1) is 5.70. The van der Waals surface area contributed by atoms with E-state index in [1.54, 1.807) is 11.6 Å². The topological polar surface area (TPSA) is 34.4 Å². The van der Waals surface area contributed by atoms with E-state index in [4.69, 9.17) is 11.6 Å². The molecule has 0 aliphatic carbocycles. The monoisotopic (exact) mass is 264 g/mol. The van der Waals surface area contributed by atoms with Crippen molar-refractivity contribution in [3.05, 3.63) is 31.6 Å². The van der Waals surface area contributed by atoms with Crippen LogP contribution in [0.4, 0.5) is 0 Å². The van der Waals surface area contributed by atoms with E-state index in [0.717, 1.165) is 0 Å². The van der Waals surface area contributed by atoms with Gasteiger partial charge in [-0.3, -0.25) is 9.20 Å². The van der Waals surface area contributed by atoms with Crippen molar-refractivity contribution in [2.24, 2.45) is 0 Å². The second kappa shape index (κ2) is 2.83. The van der Waals surface area contributed by atoms with Gasteiger partial charge in [0, 0.05) is 11.6 Å². The lowest BCUT2D eigenvalue weighted by molar-refractivity contribution is 1.06. The third-order valence-corrected chi connectivity index (χ3v) is 3.34. The molecule has 62 valence electrons. The summed E-state index contributed by atoms with van der Waals surface area (Å²) in [5.41, 5.74) is -0.175. The number of hydrogen-bond acceptors (Lipinski definition) is 3. The zero-order valence-electron chi connectivity index (χ0n) is 5.62. The van der Waals surface area contributed by atoms with Crippen molar-refractivity contribution in [3.63, 3.8) is 0 Å². The summed E-state index contributed by atoms with van der Waals surface area (Å²) in [6.45, 7) is 0. The summed E-state index contributed by atoms with van der Waals surface area (Å²) < 4.78 is 1.75. The standard InChI is InChI=1S/C6H2BrClN2OS/c7-3-4(8)9-6-10(5(3)11)1-2-12-6/h1-2H. The van der Waals surface area contributed by atoms with E-state index in [-0.39, 0.29) is 10.7 Å². The maximum atomic E-state index is 11.4. The van der Waals surface area contributed by atoms with E-state index < -0.39 is 0 Å². The Balaban J connectivity index is 3.05. The van der Waals surface area contributed by atoms with Crippen LogP contribution in [0, 0.1) is 0 Å². The normalized spacial score (nSPS) is 10.8. The Hall–Kier alpha value is -0.390. The van der Waals surface area contributed by atoms with Crippen LogP contribution in [-0.2, 0) is 0 Å². The average Bonchev–Trinajstić information content (AvgIpc) is 2.48. The van der Waals surface area contributed by atoms with Gasteiger partial charge in [0.2, 0.25) is 0 Å². The van der Waals surface area contributed by atoms with Crippen molar-refractivity contribution in [1.82, 2.24) is 9.38 Å². The van der Waals surface area contributed by atoms with Gasteiger partial charge in [0.1, 0.15) is 4.47 Å². The lowest BCUT2D eigenvalue weighted by atomic mass is 10.6. The highest BCUT2D eigenvalue weighted by Gasteiger charge is 2.07. The summed E-state index contributed by atoms with van der Waals surface area (Å²) in [7, 11) is 0. The molecule has 0 radical (unpaired) electrons. The van der Waals surface area contributed by atoms with Crippen LogP contribution >= 0.6 is 38.9 Å². The second-order valence-electron chi connectivity index (χ2n) is 2.08. The van der Waals surface area contributed by atoms with Crippen molar-refractivity contribution >= 4 is 43.8 Å². The quantitative estimate of drug-likeness (QED) is 0.684. The van der Waals surface area contributed by atoms with Crippen molar-refractivity contribution in [2.75, 3.05) is 0 Å². The third kappa shape index (κ3) is 1.09. The Bertz CT molecular complexity index is 492. The van der Waals surface area contributed by atoms with Gasteiger partial charge in [-0.05, 0) is 15.9 Å². The van der Waals surface area contributed by atoms with Crippen LogP contribution < -0.4 is 5.56 Å². The average molecular weight is 266 g/mol. The minimum absolute atomic E-state index is 0.175. The Morgan fingerprint density at radius 3 is 3.17 bits per heavy atom. The van der Waals surface area contributed by atoms with Gasteiger partial charge in [0.25, 0.3) is 5.56 Å². The smallest absolute Gasteiger partial charge is 0.267 e. The molecule has 2 aromatic rings. The van der Waals surface area contributed by atoms with Gasteiger partial charge in [-0.25, -0.2) is 4.98 Å². The first-order valence-corrected chi connectivity index (χ1v) is 5.06. The summed E-state index contributed by atoms with van der Waals surface area (Å²) in [5, 5.41) is 1.99. The lowest BCUT2D eigenvalue weighted by Gasteiger charge is -1.94. The number of halogens is 2. The molecule has 0 fully saturated rings. The fourth-order valence-electron chi connectivity index (χ4n) is 0.835. The van der Waals surface area contributed by atoms with Gasteiger partial charge in [-0.2, -0.15) is 0 Å². The van der Waals surface area contributed by atoms with Gasteiger partial charge in [-0.1, -0.05) is 11.6 Å². The first-order valence-electron chi connectivity index (χ1n) is 3.01. The molecule has 2 rings (SSSR count). The van der Waals surface area contributed by atoms with Crippen LogP contribution in [0.3, 0.4) is 0 Å². The third-order valence-electron chi connectivity index (χ3n) is 1.37. The van der Waals surface area contributed by atoms with E-state index in [1.165, 1.54) is 15.7 Å². The summed E-state index contributed by atoms with van der Waals surface area (Å²) in [6.07, 6.45) is 1.66. The van der Waals surface area contributed by atoms with Gasteiger partial charge < -0.3 is 0 Å². The van der Waals surface area contributed by atoms with Crippen molar-refractivity contribution in [2.45, 2.75) is 0 Å². The van der Waals surface area contributed by atoms with E-state index in [0.29, 0.717) is 9.43 Å². The predicted molar refractivity (Wildman–Crippen MR) is 52.0 cm³/mol. The molecular formula is C6H2BrClN2OS. The van der Waals surface area contributed by atoms with Crippen LogP contribution in [0.2, 0.25) is 5.15 Å². The van der Waals surface area contributed by atoms with Gasteiger partial charge >= 0.3 is 0 Å². The number of thiazole rings is 1. The number of rotatable bonds is 0. The molecule has 0 saturated heterocycles. The zero-order valence-corrected chi connectivity index (χ0v) is 8.78. The maximum Gasteiger partial charge on any atom is 0.274 e. The highest BCUT2D eigenvalue weighted by Crippen LogP contribution is 2.17. The van der Waals surface area contributed by atoms with E-state index in [1.807, 2.05) is 0 Å². The Morgan fingerprint density at radius 1 is 1.67 bits per heavy atom. The van der Waals surface area contributed by atoms with E-state index >= 15 is 0 Å². The van der Waals surface area contributed by atoms with Gasteiger partial charge in [-0.15, -0.1) is 11.3 Å². The number of aromatic nitrogens is 2. The number of nitrogens with zero attached hydrogens (tertiary/aromatic N) is 2. The van der Waals surface area contributed by atoms with Crippen LogP contribution in [-0.4, -0.2) is 9.38 Å². The first kappa shape index (κ1) is 8.22. The molecule has 3 nitrogen and oxygen atoms in total. The molecule has 0 aliphatic rings. The highest BCUT2D eigenvalue weighted by atomic mass is 79.9. The molecule has 0 aromatic carbocycles. The van der Waals surface area contributed by atoms with Crippen molar-refractivity contribution in [3.8, 4) is 0 Å². The molecule has 0 bridgehead atoms. The minimum Gasteiger partial charge on any atom is -0.267 e. The Labute approximate surface area is 84.8 Å². The second-order valence-corrected chi connectivity index (χ2v) is 4.10. The molecule has 0 atom stereocenters. The van der Waals surface area contributed by atoms with Crippen LogP contribution in [0.25, 0.3) is 4.96 Å². The zero-order chi connectivity index (χ0) is 8.72. The van der Waals surface area contributed by atoms with Gasteiger partial charge in [0.15, 0.2) is 10.1 Å². The molecule has 0 unspecified atom stereocenters. The predicted octanol–water partition coefficient (Wildman–Crippen LogP) is 2.17. The summed E-state index contributed by atoms with van der Waals surface area (Å²) in [4.78, 5) is 16.0. The maximum absolute atomic E-state index is 11.4. The molecule has 6 heteroatoms. The summed E-state index contributed by atoms with van der Waals surface area (Å²) in [5.74, 6) is 0. The molecule has 2 aromatic heterocycles. The molecular weight excluding hydrogens is 264 g/mol. The lowest BCUT2D eigenvalue weighted by Crippen LogP contribution is -2.13. The molecule has 0 N–H and O–H groups in total. The van der Waals surface area contributed by atoms with Crippen LogP contribution in [0.1, 0.15) is 0 Å². The van der Waals surface area contributed by atoms with Crippen molar-refractivity contribution < 1.29 is 0 Å². The molecule has 12 heavy (non-hydrogen) atoms. The highest BCUT2D eigenvalue weighted by molar-refractivity contribution is 9.10. The Morgan fingerprint density at radius 2 is 2.42 bits per heavy atom. The van der Waals surface area contributed by atoms with Crippen molar-refractivity contribution in [1.29, 1.82) is 0 Å². The fraction of sp³-hybridized carbons (Fsp3) is 0. The van der Waals surface area contributed by atoms with Crippen LogP contribution in [0.5, 0.6) is 0 Å². The SMILES string of the molecule is O=c1c(Br)c(Cl)nc2sccn12.